The van der Waals surface area contributed by atoms with E-state index < -0.39 is 0 Å². The molecule has 0 bridgehead atoms. The van der Waals surface area contributed by atoms with Crippen molar-refractivity contribution in [3.05, 3.63) is 17.7 Å². The maximum Gasteiger partial charge on any atom is 0.274 e. The summed E-state index contributed by atoms with van der Waals surface area (Å²) < 4.78 is 0. The van der Waals surface area contributed by atoms with Crippen molar-refractivity contribution < 1.29 is 4.79 Å². The number of nitrogens with zero attached hydrogens (tertiary/aromatic N) is 3. The molecule has 0 unspecified atom stereocenters. The molecule has 116 valence electrons. The molecule has 0 saturated heterocycles. The summed E-state index contributed by atoms with van der Waals surface area (Å²) in [6.45, 7) is 7.67. The third-order valence-corrected chi connectivity index (χ3v) is 4.17. The average molecular weight is 290 g/mol. The van der Waals surface area contributed by atoms with Crippen molar-refractivity contribution in [1.29, 1.82) is 0 Å². The number of aromatic nitrogens is 2. The van der Waals surface area contributed by atoms with Gasteiger partial charge in [0.2, 0.25) is 0 Å². The number of hydrogen-bond donors (Lipinski definition) is 1. The van der Waals surface area contributed by atoms with E-state index in [-0.39, 0.29) is 11.8 Å². The highest BCUT2D eigenvalue weighted by molar-refractivity contribution is 5.97. The molecule has 0 atom stereocenters. The largest absolute Gasteiger partial charge is 0.385 e. The fourth-order valence-electron chi connectivity index (χ4n) is 2.51. The van der Waals surface area contributed by atoms with Gasteiger partial charge in [0.05, 0.1) is 11.9 Å². The van der Waals surface area contributed by atoms with Gasteiger partial charge in [0.15, 0.2) is 5.69 Å². The van der Waals surface area contributed by atoms with Crippen LogP contribution in [-0.4, -0.2) is 40.9 Å². The van der Waals surface area contributed by atoms with E-state index >= 15 is 0 Å². The zero-order chi connectivity index (χ0) is 15.4. The Morgan fingerprint density at radius 3 is 2.67 bits per heavy atom. The monoisotopic (exact) mass is 290 g/mol. The van der Waals surface area contributed by atoms with Crippen LogP contribution in [0.3, 0.4) is 0 Å². The Hall–Kier alpha value is -1.65. The average Bonchev–Trinajstić information content (AvgIpc) is 2.45. The van der Waals surface area contributed by atoms with Crippen molar-refractivity contribution in [3.8, 4) is 0 Å². The molecule has 0 radical (unpaired) electrons. The van der Waals surface area contributed by atoms with Gasteiger partial charge >= 0.3 is 0 Å². The molecule has 1 aromatic rings. The van der Waals surface area contributed by atoms with Crippen molar-refractivity contribution in [2.24, 2.45) is 5.92 Å². The summed E-state index contributed by atoms with van der Waals surface area (Å²) in [6.07, 6.45) is 5.49. The van der Waals surface area contributed by atoms with Crippen LogP contribution in [0.25, 0.3) is 0 Å². The third kappa shape index (κ3) is 3.52. The molecule has 5 nitrogen and oxygen atoms in total. The first-order chi connectivity index (χ1) is 10.1. The molecule has 0 aromatic carbocycles. The van der Waals surface area contributed by atoms with Gasteiger partial charge in [-0.05, 0) is 25.7 Å². The Morgan fingerprint density at radius 1 is 1.48 bits per heavy atom. The molecule has 1 aliphatic rings. The fourth-order valence-corrected chi connectivity index (χ4v) is 2.51. The van der Waals surface area contributed by atoms with Gasteiger partial charge in [-0.15, -0.1) is 0 Å². The molecule has 1 aromatic heterocycles. The highest BCUT2D eigenvalue weighted by Gasteiger charge is 2.26. The molecule has 1 aliphatic carbocycles. The molecule has 0 spiro atoms. The van der Waals surface area contributed by atoms with Crippen LogP contribution in [0.5, 0.6) is 0 Å². The molecular weight excluding hydrogens is 264 g/mol. The molecule has 5 heteroatoms. The topological polar surface area (TPSA) is 58.1 Å². The van der Waals surface area contributed by atoms with Crippen LogP contribution in [0.15, 0.2) is 6.20 Å². The maximum absolute atomic E-state index is 12.8. The standard InChI is InChI=1S/C16H26N4O/c1-5-20(10-12-7-6-8-12)16(21)14-13(17-4)9-18-15(19-14)11(2)3/h9,11-12,17H,5-8,10H2,1-4H3. The lowest BCUT2D eigenvalue weighted by Crippen LogP contribution is -2.38. The van der Waals surface area contributed by atoms with Gasteiger partial charge in [-0.1, -0.05) is 20.3 Å². The van der Waals surface area contributed by atoms with E-state index in [1.54, 1.807) is 13.2 Å². The molecule has 1 heterocycles. The molecule has 1 fully saturated rings. The third-order valence-electron chi connectivity index (χ3n) is 4.17. The Labute approximate surface area is 127 Å². The van der Waals surface area contributed by atoms with Crippen molar-refractivity contribution in [1.82, 2.24) is 14.9 Å². The number of nitrogens with one attached hydrogen (secondary N) is 1. The predicted molar refractivity (Wildman–Crippen MR) is 84.6 cm³/mol. The van der Waals surface area contributed by atoms with Gasteiger partial charge in [0.1, 0.15) is 5.82 Å². The number of rotatable bonds is 6. The van der Waals surface area contributed by atoms with Crippen LogP contribution < -0.4 is 5.32 Å². The first-order valence-electron chi connectivity index (χ1n) is 7.90. The molecule has 1 amide bonds. The van der Waals surface area contributed by atoms with Crippen LogP contribution in [0.2, 0.25) is 0 Å². The predicted octanol–water partition coefficient (Wildman–Crippen LogP) is 2.90. The molecule has 21 heavy (non-hydrogen) atoms. The summed E-state index contributed by atoms with van der Waals surface area (Å²) >= 11 is 0. The van der Waals surface area contributed by atoms with Crippen LogP contribution in [0.1, 0.15) is 62.3 Å². The molecule has 1 saturated carbocycles. The quantitative estimate of drug-likeness (QED) is 0.875. The number of carbonyl (C=O) groups excluding carboxylic acids is 1. The molecular formula is C16H26N4O. The van der Waals surface area contributed by atoms with E-state index in [0.717, 1.165) is 18.9 Å². The zero-order valence-corrected chi connectivity index (χ0v) is 13.5. The van der Waals surface area contributed by atoms with Gasteiger partial charge < -0.3 is 10.2 Å². The van der Waals surface area contributed by atoms with Gasteiger partial charge in [-0.25, -0.2) is 9.97 Å². The van der Waals surface area contributed by atoms with E-state index in [0.29, 0.717) is 17.3 Å². The van der Waals surface area contributed by atoms with Crippen molar-refractivity contribution >= 4 is 11.6 Å². The van der Waals surface area contributed by atoms with E-state index in [1.807, 2.05) is 25.7 Å². The smallest absolute Gasteiger partial charge is 0.274 e. The summed E-state index contributed by atoms with van der Waals surface area (Å²) in [7, 11) is 1.80. The van der Waals surface area contributed by atoms with E-state index in [9.17, 15) is 4.79 Å². The minimum atomic E-state index is 0.0121. The fraction of sp³-hybridized carbons (Fsp3) is 0.688. The van der Waals surface area contributed by atoms with Crippen LogP contribution >= 0.6 is 0 Å². The van der Waals surface area contributed by atoms with Crippen molar-refractivity contribution in [2.45, 2.75) is 46.0 Å². The Bertz CT molecular complexity index is 497. The van der Waals surface area contributed by atoms with Crippen LogP contribution in [-0.2, 0) is 0 Å². The Kier molecular flexibility index (Phi) is 5.15. The highest BCUT2D eigenvalue weighted by Crippen LogP contribution is 2.28. The van der Waals surface area contributed by atoms with Gasteiger partial charge in [-0.2, -0.15) is 0 Å². The normalized spacial score (nSPS) is 14.9. The number of anilines is 1. The second-order valence-corrected chi connectivity index (χ2v) is 6.04. The van der Waals surface area contributed by atoms with E-state index in [2.05, 4.69) is 15.3 Å². The molecule has 1 N–H and O–H groups in total. The van der Waals surface area contributed by atoms with Crippen LogP contribution in [0, 0.1) is 5.92 Å². The summed E-state index contributed by atoms with van der Waals surface area (Å²) in [4.78, 5) is 23.5. The number of carbonyl (C=O) groups is 1. The summed E-state index contributed by atoms with van der Waals surface area (Å²) in [5.41, 5.74) is 1.20. The SMILES string of the molecule is CCN(CC1CCC1)C(=O)c1nc(C(C)C)ncc1NC. The zero-order valence-electron chi connectivity index (χ0n) is 13.5. The molecule has 0 aliphatic heterocycles. The lowest BCUT2D eigenvalue weighted by molar-refractivity contribution is 0.0701. The van der Waals surface area contributed by atoms with Gasteiger partial charge in [-0.3, -0.25) is 4.79 Å². The Morgan fingerprint density at radius 2 is 2.19 bits per heavy atom. The van der Waals surface area contributed by atoms with Crippen molar-refractivity contribution in [3.63, 3.8) is 0 Å². The second kappa shape index (κ2) is 6.87. The Balaban J connectivity index is 2.23. The first kappa shape index (κ1) is 15.7. The first-order valence-corrected chi connectivity index (χ1v) is 7.90. The molecule has 2 rings (SSSR count). The summed E-state index contributed by atoms with van der Waals surface area (Å²) in [5.74, 6) is 1.61. The van der Waals surface area contributed by atoms with E-state index in [4.69, 9.17) is 0 Å². The lowest BCUT2D eigenvalue weighted by Gasteiger charge is -2.32. The van der Waals surface area contributed by atoms with Gasteiger partial charge in [0.25, 0.3) is 5.91 Å². The van der Waals surface area contributed by atoms with Crippen LogP contribution in [0.4, 0.5) is 5.69 Å². The summed E-state index contributed by atoms with van der Waals surface area (Å²) in [6, 6.07) is 0. The van der Waals surface area contributed by atoms with Gasteiger partial charge in [0, 0.05) is 26.1 Å². The minimum Gasteiger partial charge on any atom is -0.385 e. The second-order valence-electron chi connectivity index (χ2n) is 6.04. The number of amides is 1. The minimum absolute atomic E-state index is 0.0121. The summed E-state index contributed by atoms with van der Waals surface area (Å²) in [5, 5.41) is 3.03. The van der Waals surface area contributed by atoms with E-state index in [1.165, 1.54) is 19.3 Å². The highest BCUT2D eigenvalue weighted by atomic mass is 16.2. The lowest BCUT2D eigenvalue weighted by atomic mass is 9.85. The maximum atomic E-state index is 12.8. The number of hydrogen-bond acceptors (Lipinski definition) is 4. The van der Waals surface area contributed by atoms with Crippen molar-refractivity contribution in [2.75, 3.05) is 25.5 Å².